The topological polar surface area (TPSA) is 29.5 Å². The van der Waals surface area contributed by atoms with Crippen LogP contribution in [0.1, 0.15) is 12.5 Å². The number of aliphatic hydroxyl groups is 1. The van der Waals surface area contributed by atoms with Gasteiger partial charge in [0.1, 0.15) is 18.9 Å². The van der Waals surface area contributed by atoms with Crippen LogP contribution in [0.25, 0.3) is 0 Å². The van der Waals surface area contributed by atoms with E-state index in [1.165, 1.54) is 5.56 Å². The first-order chi connectivity index (χ1) is 8.99. The van der Waals surface area contributed by atoms with E-state index in [1.807, 2.05) is 12.1 Å². The molecular formula is C16H24NO2+. The number of hydrogen-bond acceptors (Lipinski definition) is 2. The average molecular weight is 262 g/mol. The molecule has 1 rings (SSSR count). The van der Waals surface area contributed by atoms with E-state index in [0.29, 0.717) is 12.6 Å². The molecule has 1 unspecified atom stereocenters. The van der Waals surface area contributed by atoms with Crippen molar-refractivity contribution in [3.05, 3.63) is 29.8 Å². The van der Waals surface area contributed by atoms with Gasteiger partial charge in [0.15, 0.2) is 0 Å². The van der Waals surface area contributed by atoms with Crippen LogP contribution in [0.3, 0.4) is 0 Å². The molecule has 1 aromatic carbocycles. The van der Waals surface area contributed by atoms with Gasteiger partial charge in [0.2, 0.25) is 0 Å². The molecule has 1 N–H and O–H groups in total. The molecule has 0 aliphatic carbocycles. The number of nitrogens with zero attached hydrogens (tertiary/aromatic N) is 1. The summed E-state index contributed by atoms with van der Waals surface area (Å²) >= 11 is 0. The molecule has 104 valence electrons. The monoisotopic (exact) mass is 262 g/mol. The number of quaternary nitrogens is 1. The van der Waals surface area contributed by atoms with Crippen LogP contribution in [0.5, 0.6) is 5.75 Å². The Morgan fingerprint density at radius 1 is 1.32 bits per heavy atom. The van der Waals surface area contributed by atoms with Crippen molar-refractivity contribution in [3.8, 4) is 18.1 Å². The Labute approximate surface area is 116 Å². The Hall–Kier alpha value is -1.50. The highest BCUT2D eigenvalue weighted by Crippen LogP contribution is 2.16. The summed E-state index contributed by atoms with van der Waals surface area (Å²) in [7, 11) is 4.31. The maximum atomic E-state index is 8.70. The van der Waals surface area contributed by atoms with E-state index < -0.39 is 0 Å². The normalized spacial score (nSPS) is 12.8. The zero-order valence-electron chi connectivity index (χ0n) is 12.1. The lowest BCUT2D eigenvalue weighted by atomic mass is 10.0. The molecule has 0 saturated heterocycles. The lowest BCUT2D eigenvalue weighted by Gasteiger charge is -2.34. The third kappa shape index (κ3) is 4.94. The zero-order valence-corrected chi connectivity index (χ0v) is 12.1. The number of likely N-dealkylation sites (N-methyl/N-ethyl adjacent to an activating group) is 1. The first-order valence-corrected chi connectivity index (χ1v) is 6.58. The average Bonchev–Trinajstić information content (AvgIpc) is 2.38. The summed E-state index contributed by atoms with van der Waals surface area (Å²) in [5.41, 5.74) is 1.27. The number of terminal acetylenes is 1. The smallest absolute Gasteiger partial charge is 0.140 e. The summed E-state index contributed by atoms with van der Waals surface area (Å²) in [6.45, 7) is 3.32. The first-order valence-electron chi connectivity index (χ1n) is 6.58. The minimum absolute atomic E-state index is 0.0382. The van der Waals surface area contributed by atoms with Gasteiger partial charge in [-0.2, -0.15) is 0 Å². The van der Waals surface area contributed by atoms with Crippen LogP contribution in [-0.2, 0) is 6.42 Å². The van der Waals surface area contributed by atoms with Crippen molar-refractivity contribution in [1.29, 1.82) is 0 Å². The highest BCUT2D eigenvalue weighted by atomic mass is 16.5. The molecule has 3 heteroatoms. The van der Waals surface area contributed by atoms with Crippen LogP contribution in [0.4, 0.5) is 0 Å². The minimum atomic E-state index is 0.0382. The lowest BCUT2D eigenvalue weighted by Crippen LogP contribution is -2.48. The van der Waals surface area contributed by atoms with Crippen molar-refractivity contribution in [2.24, 2.45) is 0 Å². The van der Waals surface area contributed by atoms with E-state index in [9.17, 15) is 0 Å². The fraction of sp³-hybridized carbons (Fsp3) is 0.500. The van der Waals surface area contributed by atoms with Gasteiger partial charge < -0.3 is 14.3 Å². The summed E-state index contributed by atoms with van der Waals surface area (Å²) in [4.78, 5) is 0. The molecule has 0 aliphatic rings. The second kappa shape index (κ2) is 7.18. The molecule has 3 nitrogen and oxygen atoms in total. The van der Waals surface area contributed by atoms with Crippen molar-refractivity contribution in [2.45, 2.75) is 19.4 Å². The second-order valence-corrected chi connectivity index (χ2v) is 5.41. The van der Waals surface area contributed by atoms with Crippen LogP contribution in [0.2, 0.25) is 0 Å². The molecule has 1 atom stereocenters. The number of hydrogen-bond donors (Lipinski definition) is 1. The van der Waals surface area contributed by atoms with Crippen LogP contribution >= 0.6 is 0 Å². The third-order valence-electron chi connectivity index (χ3n) is 3.51. The van der Waals surface area contributed by atoms with E-state index in [0.717, 1.165) is 23.2 Å². The zero-order chi connectivity index (χ0) is 14.3. The molecule has 0 heterocycles. The van der Waals surface area contributed by atoms with E-state index in [4.69, 9.17) is 16.3 Å². The number of aliphatic hydroxyl groups excluding tert-OH is 1. The van der Waals surface area contributed by atoms with E-state index in [1.54, 1.807) is 0 Å². The van der Waals surface area contributed by atoms with Crippen molar-refractivity contribution in [1.82, 2.24) is 0 Å². The molecule has 0 radical (unpaired) electrons. The van der Waals surface area contributed by atoms with Crippen molar-refractivity contribution < 1.29 is 14.3 Å². The van der Waals surface area contributed by atoms with Crippen LogP contribution < -0.4 is 4.74 Å². The highest BCUT2D eigenvalue weighted by Gasteiger charge is 2.22. The summed E-state index contributed by atoms with van der Waals surface area (Å²) in [6.07, 6.45) is 6.39. The van der Waals surface area contributed by atoms with Crippen molar-refractivity contribution >= 4 is 0 Å². The van der Waals surface area contributed by atoms with Crippen molar-refractivity contribution in [2.75, 3.05) is 33.9 Å². The molecule has 0 aliphatic heterocycles. The van der Waals surface area contributed by atoms with Crippen molar-refractivity contribution in [3.63, 3.8) is 0 Å². The Morgan fingerprint density at radius 3 is 2.47 bits per heavy atom. The van der Waals surface area contributed by atoms with E-state index in [2.05, 4.69) is 39.1 Å². The molecule has 0 bridgehead atoms. The SMILES string of the molecule is C#CC[N+](C)(C)C(C)Cc1ccc(OCCO)cc1. The molecule has 0 fully saturated rings. The van der Waals surface area contributed by atoms with Crippen LogP contribution in [0, 0.1) is 12.3 Å². The lowest BCUT2D eigenvalue weighted by molar-refractivity contribution is -0.906. The fourth-order valence-electron chi connectivity index (χ4n) is 1.86. The van der Waals surface area contributed by atoms with Gasteiger partial charge in [0, 0.05) is 6.42 Å². The Morgan fingerprint density at radius 2 is 1.95 bits per heavy atom. The van der Waals surface area contributed by atoms with Crippen LogP contribution in [0.15, 0.2) is 24.3 Å². The highest BCUT2D eigenvalue weighted by molar-refractivity contribution is 5.27. The molecule has 0 saturated carbocycles. The first kappa shape index (κ1) is 15.6. The maximum Gasteiger partial charge on any atom is 0.140 e. The van der Waals surface area contributed by atoms with Gasteiger partial charge in [-0.05, 0) is 30.5 Å². The summed E-state index contributed by atoms with van der Waals surface area (Å²) in [6, 6.07) is 8.48. The summed E-state index contributed by atoms with van der Waals surface area (Å²) in [5.74, 6) is 3.53. The summed E-state index contributed by atoms with van der Waals surface area (Å²) < 4.78 is 6.16. The Bertz CT molecular complexity index is 417. The predicted molar refractivity (Wildman–Crippen MR) is 78.0 cm³/mol. The number of benzene rings is 1. The van der Waals surface area contributed by atoms with Gasteiger partial charge in [0.05, 0.1) is 26.7 Å². The minimum Gasteiger partial charge on any atom is -0.491 e. The van der Waals surface area contributed by atoms with E-state index >= 15 is 0 Å². The fourth-order valence-corrected chi connectivity index (χ4v) is 1.86. The van der Waals surface area contributed by atoms with Gasteiger partial charge in [-0.25, -0.2) is 0 Å². The molecule has 0 amide bonds. The number of rotatable bonds is 7. The maximum absolute atomic E-state index is 8.70. The molecule has 1 aromatic rings. The largest absolute Gasteiger partial charge is 0.491 e. The van der Waals surface area contributed by atoms with Crippen LogP contribution in [-0.4, -0.2) is 49.5 Å². The Kier molecular flexibility index (Phi) is 5.88. The predicted octanol–water partition coefficient (Wildman–Crippen LogP) is 1.70. The standard InChI is InChI=1S/C16H24NO2/c1-5-10-17(3,4)14(2)13-15-6-8-16(9-7-15)19-12-11-18/h1,6-9,14,18H,10-13H2,2-4H3/q+1. The molecule has 19 heavy (non-hydrogen) atoms. The van der Waals surface area contributed by atoms with Gasteiger partial charge in [-0.15, -0.1) is 6.42 Å². The third-order valence-corrected chi connectivity index (χ3v) is 3.51. The Balaban J connectivity index is 2.60. The number of ether oxygens (including phenoxy) is 1. The van der Waals surface area contributed by atoms with Gasteiger partial charge in [0.25, 0.3) is 0 Å². The van der Waals surface area contributed by atoms with Gasteiger partial charge in [-0.1, -0.05) is 12.1 Å². The molecular weight excluding hydrogens is 238 g/mol. The second-order valence-electron chi connectivity index (χ2n) is 5.41. The quantitative estimate of drug-likeness (QED) is 0.598. The van der Waals surface area contributed by atoms with E-state index in [-0.39, 0.29) is 6.61 Å². The summed E-state index contributed by atoms with van der Waals surface area (Å²) in [5, 5.41) is 8.70. The van der Waals surface area contributed by atoms with Gasteiger partial charge >= 0.3 is 0 Å². The molecule has 0 spiro atoms. The van der Waals surface area contributed by atoms with Gasteiger partial charge in [-0.3, -0.25) is 0 Å². The molecule has 0 aromatic heterocycles.